The molecule has 0 saturated heterocycles. The summed E-state index contributed by atoms with van der Waals surface area (Å²) in [7, 11) is 0. The van der Waals surface area contributed by atoms with Crippen LogP contribution in [0.4, 0.5) is 0 Å². The Morgan fingerprint density at radius 1 is 1.41 bits per heavy atom. The van der Waals surface area contributed by atoms with Crippen LogP contribution in [0.2, 0.25) is 0 Å². The Balaban J connectivity index is 1.59. The lowest BCUT2D eigenvalue weighted by molar-refractivity contribution is 0.0506. The van der Waals surface area contributed by atoms with E-state index < -0.39 is 0 Å². The highest BCUT2D eigenvalue weighted by Crippen LogP contribution is 2.43. The number of fused-ring (bicyclic) bond motifs is 1. The van der Waals surface area contributed by atoms with Crippen LogP contribution in [-0.4, -0.2) is 30.6 Å². The molecule has 5 heteroatoms. The molecule has 1 aromatic carbocycles. The summed E-state index contributed by atoms with van der Waals surface area (Å²) in [6, 6.07) is 7.40. The molecule has 118 valence electrons. The van der Waals surface area contributed by atoms with Crippen molar-refractivity contribution in [3.05, 3.63) is 30.2 Å². The third-order valence-electron chi connectivity index (χ3n) is 4.51. The van der Waals surface area contributed by atoms with E-state index in [0.717, 1.165) is 32.5 Å². The third-order valence-corrected chi connectivity index (χ3v) is 4.51. The van der Waals surface area contributed by atoms with Gasteiger partial charge in [0.1, 0.15) is 5.52 Å². The maximum Gasteiger partial charge on any atom is 0.307 e. The number of aromatic nitrogens is 1. The summed E-state index contributed by atoms with van der Waals surface area (Å²) in [6.07, 6.45) is 4.52. The molecule has 3 rings (SSSR count). The van der Waals surface area contributed by atoms with Crippen LogP contribution in [0.5, 0.6) is 0 Å². The van der Waals surface area contributed by atoms with Gasteiger partial charge in [-0.1, -0.05) is 18.6 Å². The number of hydrogen-bond donors (Lipinski definition) is 1. The molecule has 1 aliphatic rings. The largest absolute Gasteiger partial charge is 0.432 e. The summed E-state index contributed by atoms with van der Waals surface area (Å²) in [4.78, 5) is 16.5. The molecule has 1 heterocycles. The highest BCUT2D eigenvalue weighted by Gasteiger charge is 2.37. The van der Waals surface area contributed by atoms with Gasteiger partial charge >= 0.3 is 5.91 Å². The van der Waals surface area contributed by atoms with E-state index in [0.29, 0.717) is 17.6 Å². The molecule has 0 unspecified atom stereocenters. The number of ether oxygens (including phenoxy) is 1. The maximum absolute atomic E-state index is 12.2. The van der Waals surface area contributed by atoms with Gasteiger partial charge in [0.15, 0.2) is 5.58 Å². The first-order chi connectivity index (χ1) is 10.7. The minimum Gasteiger partial charge on any atom is -0.432 e. The zero-order valence-electron chi connectivity index (χ0n) is 12.9. The molecule has 1 fully saturated rings. The van der Waals surface area contributed by atoms with Gasteiger partial charge in [-0.05, 0) is 43.7 Å². The van der Waals surface area contributed by atoms with E-state index in [-0.39, 0.29) is 17.2 Å². The summed E-state index contributed by atoms with van der Waals surface area (Å²) < 4.78 is 11.0. The van der Waals surface area contributed by atoms with Crippen molar-refractivity contribution in [2.75, 3.05) is 19.8 Å². The number of rotatable bonds is 7. The van der Waals surface area contributed by atoms with E-state index in [1.807, 2.05) is 31.2 Å². The molecule has 1 saturated carbocycles. The molecular formula is C17H22N2O3. The van der Waals surface area contributed by atoms with E-state index in [1.165, 1.54) is 6.42 Å². The van der Waals surface area contributed by atoms with E-state index in [1.54, 1.807) is 0 Å². The minimum absolute atomic E-state index is 0.139. The normalized spacial score (nSPS) is 16.4. The summed E-state index contributed by atoms with van der Waals surface area (Å²) in [6.45, 7) is 4.17. The van der Waals surface area contributed by atoms with Crippen molar-refractivity contribution < 1.29 is 13.9 Å². The van der Waals surface area contributed by atoms with E-state index in [4.69, 9.17) is 9.15 Å². The molecule has 5 nitrogen and oxygen atoms in total. The Hall–Kier alpha value is -1.88. The number of nitrogens with zero attached hydrogens (tertiary/aromatic N) is 1. The molecule has 1 aromatic heterocycles. The van der Waals surface area contributed by atoms with Crippen LogP contribution < -0.4 is 5.32 Å². The van der Waals surface area contributed by atoms with Gasteiger partial charge in [0.2, 0.25) is 0 Å². The van der Waals surface area contributed by atoms with Gasteiger partial charge in [0.25, 0.3) is 5.89 Å². The molecular weight excluding hydrogens is 280 g/mol. The summed E-state index contributed by atoms with van der Waals surface area (Å²) in [5.74, 6) is -0.0978. The second-order valence-corrected chi connectivity index (χ2v) is 5.97. The van der Waals surface area contributed by atoms with Crippen LogP contribution in [0.25, 0.3) is 11.1 Å². The minimum atomic E-state index is -0.237. The average Bonchev–Trinajstić information content (AvgIpc) is 2.93. The number of oxazole rings is 1. The first-order valence-electron chi connectivity index (χ1n) is 7.94. The van der Waals surface area contributed by atoms with Crippen molar-refractivity contribution >= 4 is 17.0 Å². The van der Waals surface area contributed by atoms with Crippen LogP contribution in [0.3, 0.4) is 0 Å². The van der Waals surface area contributed by atoms with Crippen molar-refractivity contribution in [1.82, 2.24) is 10.3 Å². The molecule has 0 atom stereocenters. The Morgan fingerprint density at radius 3 is 2.91 bits per heavy atom. The van der Waals surface area contributed by atoms with Crippen molar-refractivity contribution in [3.63, 3.8) is 0 Å². The number of para-hydroxylation sites is 2. The second kappa shape index (κ2) is 6.48. The van der Waals surface area contributed by atoms with Gasteiger partial charge in [-0.3, -0.25) is 4.79 Å². The number of amides is 1. The fourth-order valence-electron chi connectivity index (χ4n) is 2.94. The maximum atomic E-state index is 12.2. The Bertz CT molecular complexity index is 613. The second-order valence-electron chi connectivity index (χ2n) is 5.97. The molecule has 0 radical (unpaired) electrons. The van der Waals surface area contributed by atoms with Gasteiger partial charge in [0, 0.05) is 19.8 Å². The standard InChI is InChI=1S/C17H22N2O3/c1-2-21-11-10-17(8-5-9-17)12-18-15(20)16-19-13-6-3-4-7-14(13)22-16/h3-4,6-7H,2,5,8-12H2,1H3,(H,18,20). The quantitative estimate of drug-likeness (QED) is 0.798. The van der Waals surface area contributed by atoms with E-state index in [2.05, 4.69) is 10.3 Å². The van der Waals surface area contributed by atoms with Gasteiger partial charge in [-0.15, -0.1) is 0 Å². The van der Waals surface area contributed by atoms with Crippen molar-refractivity contribution in [2.24, 2.45) is 5.41 Å². The predicted octanol–water partition coefficient (Wildman–Crippen LogP) is 3.15. The van der Waals surface area contributed by atoms with Crippen molar-refractivity contribution in [2.45, 2.75) is 32.6 Å². The van der Waals surface area contributed by atoms with Gasteiger partial charge in [0.05, 0.1) is 0 Å². The molecule has 1 N–H and O–H groups in total. The van der Waals surface area contributed by atoms with Gasteiger partial charge in [-0.25, -0.2) is 4.98 Å². The lowest BCUT2D eigenvalue weighted by Crippen LogP contribution is -2.43. The Labute approximate surface area is 130 Å². The van der Waals surface area contributed by atoms with Crippen LogP contribution in [0, 0.1) is 5.41 Å². The Kier molecular flexibility index (Phi) is 4.43. The summed E-state index contributed by atoms with van der Waals surface area (Å²) >= 11 is 0. The topological polar surface area (TPSA) is 64.4 Å². The molecule has 0 bridgehead atoms. The summed E-state index contributed by atoms with van der Waals surface area (Å²) in [5, 5.41) is 2.98. The zero-order valence-corrected chi connectivity index (χ0v) is 12.9. The number of carbonyl (C=O) groups is 1. The highest BCUT2D eigenvalue weighted by atomic mass is 16.5. The third kappa shape index (κ3) is 3.14. The fourth-order valence-corrected chi connectivity index (χ4v) is 2.94. The van der Waals surface area contributed by atoms with Gasteiger partial charge in [-0.2, -0.15) is 0 Å². The molecule has 0 aliphatic heterocycles. The molecule has 0 spiro atoms. The van der Waals surface area contributed by atoms with Crippen LogP contribution in [0.1, 0.15) is 43.3 Å². The van der Waals surface area contributed by atoms with Crippen molar-refractivity contribution in [1.29, 1.82) is 0 Å². The molecule has 1 amide bonds. The van der Waals surface area contributed by atoms with Crippen LogP contribution in [-0.2, 0) is 4.74 Å². The molecule has 1 aliphatic carbocycles. The first-order valence-corrected chi connectivity index (χ1v) is 7.94. The van der Waals surface area contributed by atoms with Gasteiger partial charge < -0.3 is 14.5 Å². The monoisotopic (exact) mass is 302 g/mol. The lowest BCUT2D eigenvalue weighted by Gasteiger charge is -2.42. The summed E-state index contributed by atoms with van der Waals surface area (Å²) in [5.41, 5.74) is 1.54. The van der Waals surface area contributed by atoms with E-state index in [9.17, 15) is 4.79 Å². The smallest absolute Gasteiger partial charge is 0.307 e. The predicted molar refractivity (Wildman–Crippen MR) is 83.7 cm³/mol. The first kappa shape index (κ1) is 15.0. The SMILES string of the molecule is CCOCCC1(CNC(=O)c2nc3ccccc3o2)CCC1. The van der Waals surface area contributed by atoms with Crippen LogP contribution >= 0.6 is 0 Å². The van der Waals surface area contributed by atoms with E-state index >= 15 is 0 Å². The number of nitrogens with one attached hydrogen (secondary N) is 1. The van der Waals surface area contributed by atoms with Crippen molar-refractivity contribution in [3.8, 4) is 0 Å². The average molecular weight is 302 g/mol. The Morgan fingerprint density at radius 2 is 2.23 bits per heavy atom. The zero-order chi connectivity index (χ0) is 15.4. The van der Waals surface area contributed by atoms with Crippen LogP contribution in [0.15, 0.2) is 28.7 Å². The number of carbonyl (C=O) groups excluding carboxylic acids is 1. The lowest BCUT2D eigenvalue weighted by atomic mass is 9.67. The molecule has 22 heavy (non-hydrogen) atoms. The molecule has 2 aromatic rings. The fraction of sp³-hybridized carbons (Fsp3) is 0.529. The number of benzene rings is 1. The number of hydrogen-bond acceptors (Lipinski definition) is 4. The highest BCUT2D eigenvalue weighted by molar-refractivity contribution is 5.92.